The Morgan fingerprint density at radius 1 is 1.03 bits per heavy atom. The van der Waals surface area contributed by atoms with Crippen molar-refractivity contribution in [2.75, 3.05) is 18.4 Å². The summed E-state index contributed by atoms with van der Waals surface area (Å²) in [5.41, 5.74) is 6.24. The number of hydrogen-bond acceptors (Lipinski definition) is 8. The van der Waals surface area contributed by atoms with Gasteiger partial charge in [-0.25, -0.2) is 9.59 Å². The Kier molecular flexibility index (Phi) is 12.1. The fourth-order valence-electron chi connectivity index (χ4n) is 4.47. The summed E-state index contributed by atoms with van der Waals surface area (Å²) < 4.78 is 0. The van der Waals surface area contributed by atoms with E-state index in [0.29, 0.717) is 6.54 Å². The highest BCUT2D eigenvalue weighted by molar-refractivity contribution is 7.99. The number of hydrogen-bond donors (Lipinski definition) is 6. The Morgan fingerprint density at radius 2 is 1.71 bits per heavy atom. The number of carboxylic acid groups (broad SMARTS) is 2. The number of pyridine rings is 1. The van der Waals surface area contributed by atoms with E-state index in [4.69, 9.17) is 32.0 Å². The average molecular weight is 566 g/mol. The highest BCUT2D eigenvalue weighted by Crippen LogP contribution is 2.32. The lowest BCUT2D eigenvalue weighted by Crippen LogP contribution is -2.39. The number of aliphatic hydroxyl groups excluding tert-OH is 2. The molecule has 208 valence electrons. The Balaban J connectivity index is 0.000000342. The van der Waals surface area contributed by atoms with Crippen LogP contribution in [-0.2, 0) is 34.7 Å². The maximum atomic E-state index is 9.77. The molecule has 11 heteroatoms. The molecular formula is C27H36ClN3O6S. The highest BCUT2D eigenvalue weighted by Gasteiger charge is 2.29. The van der Waals surface area contributed by atoms with E-state index in [1.54, 1.807) is 0 Å². The number of aliphatic carboxylic acids is 2. The molecule has 0 amide bonds. The van der Waals surface area contributed by atoms with Crippen molar-refractivity contribution >= 4 is 41.0 Å². The van der Waals surface area contributed by atoms with Crippen molar-refractivity contribution in [2.24, 2.45) is 0 Å². The normalized spacial score (nSPS) is 17.2. The first kappa shape index (κ1) is 30.2. The Hall–Kier alpha value is -2.37. The van der Waals surface area contributed by atoms with Gasteiger partial charge in [-0.15, -0.1) is 0 Å². The minimum Gasteiger partial charge on any atom is -0.479 e. The fraction of sp³-hybridized carbons (Fsp3) is 0.519. The van der Waals surface area contributed by atoms with Crippen LogP contribution < -0.4 is 10.6 Å². The predicted molar refractivity (Wildman–Crippen MR) is 149 cm³/mol. The molecule has 2 unspecified atom stereocenters. The Labute approximate surface area is 232 Å². The SMILES string of the molecule is Clc1ccc2c(c1NCc1ccc(CSC3CCCCC3)cn1)CCNCC2.O=C(O)C(O)C(O)C(=O)O. The van der Waals surface area contributed by atoms with E-state index >= 15 is 0 Å². The van der Waals surface area contributed by atoms with E-state index in [-0.39, 0.29) is 0 Å². The molecule has 0 radical (unpaired) electrons. The molecule has 2 atom stereocenters. The number of anilines is 1. The van der Waals surface area contributed by atoms with Crippen molar-refractivity contribution in [3.05, 3.63) is 57.9 Å². The summed E-state index contributed by atoms with van der Waals surface area (Å²) in [5.74, 6) is -2.46. The second kappa shape index (κ2) is 15.3. The first-order valence-corrected chi connectivity index (χ1v) is 14.3. The van der Waals surface area contributed by atoms with Crippen molar-refractivity contribution in [2.45, 2.75) is 74.7 Å². The number of nitrogens with one attached hydrogen (secondary N) is 2. The largest absolute Gasteiger partial charge is 0.479 e. The molecular weight excluding hydrogens is 530 g/mol. The number of rotatable bonds is 9. The van der Waals surface area contributed by atoms with Crippen LogP contribution in [-0.4, -0.2) is 67.9 Å². The van der Waals surface area contributed by atoms with Crippen molar-refractivity contribution in [1.82, 2.24) is 10.3 Å². The molecule has 0 bridgehead atoms. The molecule has 38 heavy (non-hydrogen) atoms. The molecule has 2 aromatic rings. The van der Waals surface area contributed by atoms with Gasteiger partial charge in [0.1, 0.15) is 0 Å². The van der Waals surface area contributed by atoms with Gasteiger partial charge in [-0.05, 0) is 67.6 Å². The van der Waals surface area contributed by atoms with E-state index in [1.165, 1.54) is 48.8 Å². The van der Waals surface area contributed by atoms with Crippen molar-refractivity contribution < 1.29 is 30.0 Å². The second-order valence-corrected chi connectivity index (χ2v) is 11.2. The summed E-state index contributed by atoms with van der Waals surface area (Å²) in [4.78, 5) is 24.2. The summed E-state index contributed by atoms with van der Waals surface area (Å²) in [7, 11) is 0. The zero-order valence-corrected chi connectivity index (χ0v) is 22.8. The van der Waals surface area contributed by atoms with Crippen LogP contribution in [0.15, 0.2) is 30.5 Å². The third kappa shape index (κ3) is 9.13. The number of nitrogens with zero attached hydrogens (tertiary/aromatic N) is 1. The van der Waals surface area contributed by atoms with Crippen LogP contribution in [0.2, 0.25) is 5.02 Å². The first-order valence-electron chi connectivity index (χ1n) is 12.9. The van der Waals surface area contributed by atoms with Crippen LogP contribution in [0, 0.1) is 0 Å². The number of aliphatic hydroxyl groups is 2. The first-order chi connectivity index (χ1) is 18.3. The minimum atomic E-state index is -2.27. The molecule has 9 nitrogen and oxygen atoms in total. The Morgan fingerprint density at radius 3 is 2.34 bits per heavy atom. The van der Waals surface area contributed by atoms with Crippen molar-refractivity contribution in [3.63, 3.8) is 0 Å². The predicted octanol–water partition coefficient (Wildman–Crippen LogP) is 3.48. The quantitative estimate of drug-likeness (QED) is 0.266. The van der Waals surface area contributed by atoms with Gasteiger partial charge < -0.3 is 31.1 Å². The van der Waals surface area contributed by atoms with Crippen LogP contribution in [0.3, 0.4) is 0 Å². The standard InChI is InChI=1S/C23H30ClN3S.C4H6O6/c24-22-9-7-18-10-12-25-13-11-21(18)23(22)27-15-19-8-6-17(14-26-19)16-28-20-4-2-1-3-5-20;5-1(3(7)8)2(6)4(9)10/h6-9,14,20,25,27H,1-5,10-13,15-16H2;1-2,5-6H,(H,7,8)(H,9,10). The maximum absolute atomic E-state index is 9.77. The number of benzene rings is 1. The molecule has 2 aliphatic rings. The van der Waals surface area contributed by atoms with Gasteiger partial charge in [0.15, 0.2) is 12.2 Å². The van der Waals surface area contributed by atoms with Gasteiger partial charge >= 0.3 is 11.9 Å². The fourth-order valence-corrected chi connectivity index (χ4v) is 5.98. The van der Waals surface area contributed by atoms with Gasteiger partial charge in [0, 0.05) is 17.2 Å². The number of aromatic nitrogens is 1. The summed E-state index contributed by atoms with van der Waals surface area (Å²) in [5, 5.41) is 41.2. The van der Waals surface area contributed by atoms with Crippen LogP contribution in [0.5, 0.6) is 0 Å². The second-order valence-electron chi connectivity index (χ2n) is 9.46. The highest BCUT2D eigenvalue weighted by atomic mass is 35.5. The van der Waals surface area contributed by atoms with E-state index < -0.39 is 24.1 Å². The number of carboxylic acids is 2. The van der Waals surface area contributed by atoms with Crippen LogP contribution in [0.4, 0.5) is 5.69 Å². The molecule has 1 aliphatic heterocycles. The third-order valence-corrected chi connectivity index (χ3v) is 8.42. The number of carbonyl (C=O) groups is 2. The summed E-state index contributed by atoms with van der Waals surface area (Å²) in [6.07, 6.45) is 6.60. The van der Waals surface area contributed by atoms with Gasteiger partial charge in [-0.1, -0.05) is 43.0 Å². The summed E-state index contributed by atoms with van der Waals surface area (Å²) in [6, 6.07) is 8.58. The molecule has 2 heterocycles. The van der Waals surface area contributed by atoms with Gasteiger partial charge in [0.05, 0.1) is 22.9 Å². The van der Waals surface area contributed by atoms with Gasteiger partial charge in [-0.2, -0.15) is 11.8 Å². The van der Waals surface area contributed by atoms with E-state index in [0.717, 1.165) is 53.3 Å². The molecule has 1 fully saturated rings. The zero-order valence-electron chi connectivity index (χ0n) is 21.2. The van der Waals surface area contributed by atoms with E-state index in [1.807, 2.05) is 12.3 Å². The third-order valence-electron chi connectivity index (χ3n) is 6.66. The number of fused-ring (bicyclic) bond motifs is 1. The minimum absolute atomic E-state index is 0.708. The monoisotopic (exact) mass is 565 g/mol. The van der Waals surface area contributed by atoms with E-state index in [2.05, 4.69) is 45.6 Å². The molecule has 1 saturated carbocycles. The summed E-state index contributed by atoms with van der Waals surface area (Å²) >= 11 is 8.62. The molecule has 1 aromatic carbocycles. The number of halogens is 1. The topological polar surface area (TPSA) is 152 Å². The van der Waals surface area contributed by atoms with Gasteiger partial charge in [0.2, 0.25) is 0 Å². The molecule has 0 spiro atoms. The number of thioether (sulfide) groups is 1. The lowest BCUT2D eigenvalue weighted by atomic mass is 10.0. The molecule has 4 rings (SSSR count). The molecule has 1 aliphatic carbocycles. The lowest BCUT2D eigenvalue weighted by Gasteiger charge is -2.20. The van der Waals surface area contributed by atoms with Gasteiger partial charge in [-0.3, -0.25) is 4.98 Å². The van der Waals surface area contributed by atoms with E-state index in [9.17, 15) is 9.59 Å². The zero-order chi connectivity index (χ0) is 27.5. The average Bonchev–Trinajstić information content (AvgIpc) is 3.18. The maximum Gasteiger partial charge on any atom is 0.335 e. The smallest absolute Gasteiger partial charge is 0.335 e. The van der Waals surface area contributed by atoms with Crippen LogP contribution in [0.25, 0.3) is 0 Å². The van der Waals surface area contributed by atoms with Crippen molar-refractivity contribution in [1.29, 1.82) is 0 Å². The van der Waals surface area contributed by atoms with Crippen LogP contribution >= 0.6 is 23.4 Å². The molecule has 0 saturated heterocycles. The summed E-state index contributed by atoms with van der Waals surface area (Å²) in [6.45, 7) is 2.75. The Bertz CT molecular complexity index is 1050. The lowest BCUT2D eigenvalue weighted by molar-refractivity contribution is -0.165. The molecule has 1 aromatic heterocycles. The van der Waals surface area contributed by atoms with Gasteiger partial charge in [0.25, 0.3) is 0 Å². The van der Waals surface area contributed by atoms with Crippen molar-refractivity contribution in [3.8, 4) is 0 Å². The molecule has 6 N–H and O–H groups in total. The van der Waals surface area contributed by atoms with Crippen LogP contribution in [0.1, 0.15) is 54.5 Å².